The molecule has 4 saturated carbocycles. The summed E-state index contributed by atoms with van der Waals surface area (Å²) in [5, 5.41) is 0. The van der Waals surface area contributed by atoms with Crippen LogP contribution in [0.25, 0.3) is 11.1 Å². The van der Waals surface area contributed by atoms with Gasteiger partial charge >= 0.3 is 0 Å². The molecule has 4 fully saturated rings. The summed E-state index contributed by atoms with van der Waals surface area (Å²) >= 11 is 0. The molecule has 7 aliphatic rings. The van der Waals surface area contributed by atoms with Gasteiger partial charge in [-0.25, -0.2) is 0 Å². The van der Waals surface area contributed by atoms with Crippen molar-refractivity contribution in [1.82, 2.24) is 0 Å². The third kappa shape index (κ3) is 4.27. The van der Waals surface area contributed by atoms with E-state index >= 15 is 0 Å². The zero-order chi connectivity index (χ0) is 36.1. The summed E-state index contributed by atoms with van der Waals surface area (Å²) in [6.45, 7) is 14.6. The second-order valence-electron chi connectivity index (χ2n) is 19.7. The Kier molecular flexibility index (Phi) is 6.48. The van der Waals surface area contributed by atoms with Gasteiger partial charge in [0, 0.05) is 33.3 Å². The lowest BCUT2D eigenvalue weighted by Crippen LogP contribution is -2.57. The Hall–Kier alpha value is -4.30. The molecule has 2 heteroatoms. The molecule has 0 N–H and O–H groups in total. The Bertz CT molecular complexity index is 2310. The molecule has 4 bridgehead atoms. The minimum absolute atomic E-state index is 0.0614. The molecular weight excluding hydrogens is 643 g/mol. The van der Waals surface area contributed by atoms with Crippen molar-refractivity contribution in [2.45, 2.75) is 108 Å². The van der Waals surface area contributed by atoms with Crippen LogP contribution in [-0.2, 0) is 21.7 Å². The van der Waals surface area contributed by atoms with Crippen LogP contribution in [0.5, 0.6) is 11.5 Å². The van der Waals surface area contributed by atoms with Gasteiger partial charge in [-0.15, -0.1) is 0 Å². The van der Waals surface area contributed by atoms with E-state index in [2.05, 4.69) is 150 Å². The standard InChI is InChI=1S/C51H53NO/c1-48(2)22-23-49(3,4)43-30-36(19-21-40(43)48)52(35-18-20-38-37-12-7-8-13-39(37)50(5,6)42(38)29-35)44-15-11-17-46-47(44)51(41-14-9-10-16-45(41)53-46)33-25-31-24-32(27-33)28-34(51)26-31/h7-21,29-34H,22-28H2,1-6H3. The lowest BCUT2D eigenvalue weighted by Gasteiger charge is -2.63. The van der Waals surface area contributed by atoms with Gasteiger partial charge in [-0.1, -0.05) is 102 Å². The third-order valence-electron chi connectivity index (χ3n) is 15.6. The summed E-state index contributed by atoms with van der Waals surface area (Å²) in [6.07, 6.45) is 9.20. The monoisotopic (exact) mass is 695 g/mol. The Morgan fingerprint density at radius 3 is 1.83 bits per heavy atom. The molecule has 0 radical (unpaired) electrons. The second kappa shape index (κ2) is 10.7. The number of fused-ring (bicyclic) bond motifs is 6. The predicted octanol–water partition coefficient (Wildman–Crippen LogP) is 13.7. The van der Waals surface area contributed by atoms with Gasteiger partial charge in [0.2, 0.25) is 0 Å². The molecule has 1 spiro atoms. The van der Waals surface area contributed by atoms with Gasteiger partial charge in [0.1, 0.15) is 11.5 Å². The van der Waals surface area contributed by atoms with E-state index in [4.69, 9.17) is 4.74 Å². The maximum absolute atomic E-state index is 7.04. The van der Waals surface area contributed by atoms with Crippen LogP contribution in [0.1, 0.15) is 120 Å². The zero-order valence-corrected chi connectivity index (χ0v) is 32.4. The Balaban J connectivity index is 1.19. The van der Waals surface area contributed by atoms with Crippen LogP contribution in [0.15, 0.2) is 103 Å². The number of para-hydroxylation sites is 1. The van der Waals surface area contributed by atoms with E-state index in [9.17, 15) is 0 Å². The van der Waals surface area contributed by atoms with Gasteiger partial charge in [0.05, 0.1) is 5.69 Å². The number of nitrogens with zero attached hydrogens (tertiary/aromatic N) is 1. The first-order valence-corrected chi connectivity index (χ1v) is 20.6. The van der Waals surface area contributed by atoms with E-state index in [1.807, 2.05) is 0 Å². The smallest absolute Gasteiger partial charge is 0.133 e. The molecule has 0 saturated heterocycles. The van der Waals surface area contributed by atoms with Gasteiger partial charge in [-0.05, 0) is 155 Å². The molecule has 268 valence electrons. The highest BCUT2D eigenvalue weighted by atomic mass is 16.5. The summed E-state index contributed by atoms with van der Waals surface area (Å²) in [7, 11) is 0. The number of benzene rings is 5. The van der Waals surface area contributed by atoms with Gasteiger partial charge in [0.15, 0.2) is 0 Å². The summed E-state index contributed by atoms with van der Waals surface area (Å²) in [5.41, 5.74) is 15.4. The summed E-state index contributed by atoms with van der Waals surface area (Å²) in [5.74, 6) is 5.14. The van der Waals surface area contributed by atoms with Crippen molar-refractivity contribution in [3.8, 4) is 22.6 Å². The van der Waals surface area contributed by atoms with Crippen LogP contribution in [0.2, 0.25) is 0 Å². The largest absolute Gasteiger partial charge is 0.457 e. The highest BCUT2D eigenvalue weighted by Gasteiger charge is 2.62. The molecule has 2 nitrogen and oxygen atoms in total. The van der Waals surface area contributed by atoms with Crippen LogP contribution < -0.4 is 9.64 Å². The average molecular weight is 696 g/mol. The first kappa shape index (κ1) is 32.2. The molecule has 5 aromatic carbocycles. The van der Waals surface area contributed by atoms with Gasteiger partial charge < -0.3 is 9.64 Å². The Morgan fingerprint density at radius 1 is 0.509 bits per heavy atom. The van der Waals surface area contributed by atoms with Gasteiger partial charge in [-0.2, -0.15) is 0 Å². The molecule has 53 heavy (non-hydrogen) atoms. The van der Waals surface area contributed by atoms with E-state index in [0.717, 1.165) is 23.3 Å². The molecule has 0 atom stereocenters. The van der Waals surface area contributed by atoms with E-state index < -0.39 is 0 Å². The Labute approximate surface area is 316 Å². The topological polar surface area (TPSA) is 12.5 Å². The van der Waals surface area contributed by atoms with Crippen LogP contribution in [-0.4, -0.2) is 0 Å². The first-order chi connectivity index (χ1) is 25.5. The number of anilines is 3. The summed E-state index contributed by atoms with van der Waals surface area (Å²) in [4.78, 5) is 2.65. The highest BCUT2D eigenvalue weighted by molar-refractivity contribution is 5.88. The van der Waals surface area contributed by atoms with Crippen molar-refractivity contribution >= 4 is 17.1 Å². The fourth-order valence-corrected chi connectivity index (χ4v) is 13.1. The van der Waals surface area contributed by atoms with Crippen LogP contribution >= 0.6 is 0 Å². The van der Waals surface area contributed by atoms with E-state index in [0.29, 0.717) is 11.8 Å². The van der Waals surface area contributed by atoms with Gasteiger partial charge in [0.25, 0.3) is 0 Å². The van der Waals surface area contributed by atoms with Crippen LogP contribution in [0.4, 0.5) is 17.1 Å². The van der Waals surface area contributed by atoms with E-state index in [1.165, 1.54) is 107 Å². The maximum Gasteiger partial charge on any atom is 0.133 e. The molecule has 1 heterocycles. The SMILES string of the molecule is CC1(C)CCC(C)(C)c2cc(N(c3ccc4c(c3)C(C)(C)c3ccccc3-4)c3cccc4c3C3(c5ccccc5O4)C4CC5CC(C4)CC3C5)ccc21. The summed E-state index contributed by atoms with van der Waals surface area (Å²) < 4.78 is 7.04. The van der Waals surface area contributed by atoms with Gasteiger partial charge in [-0.3, -0.25) is 0 Å². The van der Waals surface area contributed by atoms with E-state index in [1.54, 1.807) is 0 Å². The molecule has 0 unspecified atom stereocenters. The van der Waals surface area contributed by atoms with Crippen LogP contribution in [0.3, 0.4) is 0 Å². The lowest BCUT2D eigenvalue weighted by molar-refractivity contribution is -0.0449. The Morgan fingerprint density at radius 2 is 1.09 bits per heavy atom. The zero-order valence-electron chi connectivity index (χ0n) is 32.4. The normalized spacial score (nSPS) is 28.3. The summed E-state index contributed by atoms with van der Waals surface area (Å²) in [6, 6.07) is 40.0. The fraction of sp³-hybridized carbons (Fsp3) is 0.412. The average Bonchev–Trinajstić information content (AvgIpc) is 3.37. The van der Waals surface area contributed by atoms with Crippen molar-refractivity contribution in [2.75, 3.05) is 4.90 Å². The highest BCUT2D eigenvalue weighted by Crippen LogP contribution is 2.70. The van der Waals surface area contributed by atoms with Crippen LogP contribution in [0, 0.1) is 23.7 Å². The van der Waals surface area contributed by atoms with E-state index in [-0.39, 0.29) is 21.7 Å². The second-order valence-corrected chi connectivity index (χ2v) is 19.7. The number of hydrogen-bond donors (Lipinski definition) is 0. The van der Waals surface area contributed by atoms with Crippen molar-refractivity contribution in [1.29, 1.82) is 0 Å². The minimum Gasteiger partial charge on any atom is -0.457 e. The molecule has 0 aromatic heterocycles. The molecule has 0 amide bonds. The van der Waals surface area contributed by atoms with Crippen molar-refractivity contribution in [2.24, 2.45) is 23.7 Å². The molecule has 12 rings (SSSR count). The molecule has 1 aliphatic heterocycles. The number of ether oxygens (including phenoxy) is 1. The van der Waals surface area contributed by atoms with Crippen molar-refractivity contribution in [3.63, 3.8) is 0 Å². The molecule has 5 aromatic rings. The predicted molar refractivity (Wildman–Crippen MR) is 218 cm³/mol. The first-order valence-electron chi connectivity index (χ1n) is 20.6. The number of rotatable bonds is 3. The van der Waals surface area contributed by atoms with Crippen molar-refractivity contribution < 1.29 is 4.74 Å². The minimum atomic E-state index is -0.0870. The fourth-order valence-electron chi connectivity index (χ4n) is 13.1. The number of hydrogen-bond acceptors (Lipinski definition) is 2. The maximum atomic E-state index is 7.04. The molecular formula is C51H53NO. The third-order valence-corrected chi connectivity index (χ3v) is 15.6. The quantitative estimate of drug-likeness (QED) is 0.186. The molecule has 6 aliphatic carbocycles. The lowest BCUT2D eigenvalue weighted by atomic mass is 9.41. The van der Waals surface area contributed by atoms with Crippen molar-refractivity contribution in [3.05, 3.63) is 137 Å².